The molecule has 0 amide bonds. The summed E-state index contributed by atoms with van der Waals surface area (Å²) >= 11 is 4.61. The van der Waals surface area contributed by atoms with Crippen molar-refractivity contribution in [3.05, 3.63) is 65.4 Å². The van der Waals surface area contributed by atoms with E-state index in [2.05, 4.69) is 78.7 Å². The summed E-state index contributed by atoms with van der Waals surface area (Å²) in [7, 11) is 0. The molecular weight excluding hydrogens is 298 g/mol. The number of hydrogen-bond donors (Lipinski definition) is 0. The highest BCUT2D eigenvalue weighted by Gasteiger charge is 2.00. The van der Waals surface area contributed by atoms with Gasteiger partial charge in [0.15, 0.2) is 0 Å². The minimum atomic E-state index is 0.862. The quantitative estimate of drug-likeness (QED) is 0.332. The van der Waals surface area contributed by atoms with E-state index in [1.165, 1.54) is 40.3 Å². The number of unbranched alkanes of at least 4 members (excludes halogenated alkanes) is 1. The molecule has 0 heterocycles. The second-order valence-electron chi connectivity index (χ2n) is 5.86. The van der Waals surface area contributed by atoms with Gasteiger partial charge in [-0.3, -0.25) is 0 Å². The molecule has 0 aliphatic heterocycles. The fourth-order valence-electron chi connectivity index (χ4n) is 2.53. The molecule has 0 fully saturated rings. The monoisotopic (exact) mass is 321 g/mol. The van der Waals surface area contributed by atoms with Crippen molar-refractivity contribution >= 4 is 33.7 Å². The average molecular weight is 321 g/mol. The van der Waals surface area contributed by atoms with E-state index in [4.69, 9.17) is 0 Å². The minimum Gasteiger partial charge on any atom is -0.200 e. The van der Waals surface area contributed by atoms with Gasteiger partial charge in [-0.05, 0) is 78.5 Å². The molecule has 2 heteroatoms. The first-order chi connectivity index (χ1) is 11.1. The van der Waals surface area contributed by atoms with Gasteiger partial charge in [0.1, 0.15) is 0 Å². The number of hydrogen-bond acceptors (Lipinski definition) is 2. The topological polar surface area (TPSA) is 12.4 Å². The van der Waals surface area contributed by atoms with Crippen molar-refractivity contribution in [2.24, 2.45) is 4.99 Å². The number of nitrogens with zero attached hydrogens (tertiary/aromatic N) is 1. The van der Waals surface area contributed by atoms with E-state index in [-0.39, 0.29) is 0 Å². The van der Waals surface area contributed by atoms with Gasteiger partial charge in [0, 0.05) is 5.70 Å². The summed E-state index contributed by atoms with van der Waals surface area (Å²) in [5, 5.41) is 4.98. The van der Waals surface area contributed by atoms with E-state index in [9.17, 15) is 0 Å². The molecule has 0 radical (unpaired) electrons. The normalized spacial score (nSPS) is 12.3. The van der Waals surface area contributed by atoms with Crippen molar-refractivity contribution < 1.29 is 0 Å². The first-order valence-electron chi connectivity index (χ1n) is 8.10. The van der Waals surface area contributed by atoms with Crippen LogP contribution >= 0.6 is 12.2 Å². The summed E-state index contributed by atoms with van der Waals surface area (Å²) < 4.78 is 0. The van der Waals surface area contributed by atoms with Crippen molar-refractivity contribution in [2.75, 3.05) is 0 Å². The summed E-state index contributed by atoms with van der Waals surface area (Å²) in [5.41, 5.74) is 4.73. The molecule has 2 rings (SSSR count). The van der Waals surface area contributed by atoms with E-state index in [1.54, 1.807) is 0 Å². The molecule has 2 aromatic rings. The number of allylic oxidation sites excluding steroid dienone is 4. The second-order valence-corrected chi connectivity index (χ2v) is 6.04. The summed E-state index contributed by atoms with van der Waals surface area (Å²) in [4.78, 5) is 3.96. The van der Waals surface area contributed by atoms with Crippen molar-refractivity contribution in [3.63, 3.8) is 0 Å². The Kier molecular flexibility index (Phi) is 6.46. The molecule has 0 unspecified atom stereocenters. The van der Waals surface area contributed by atoms with Gasteiger partial charge in [0.25, 0.3) is 0 Å². The smallest absolute Gasteiger partial charge is 0.0637 e. The summed E-state index contributed by atoms with van der Waals surface area (Å²) in [6.07, 6.45) is 7.69. The van der Waals surface area contributed by atoms with E-state index >= 15 is 0 Å². The molecule has 0 saturated heterocycles. The fraction of sp³-hybridized carbons (Fsp3) is 0.286. The van der Waals surface area contributed by atoms with Gasteiger partial charge in [-0.15, -0.1) is 0 Å². The van der Waals surface area contributed by atoms with Crippen molar-refractivity contribution in [1.82, 2.24) is 0 Å². The van der Waals surface area contributed by atoms with Crippen molar-refractivity contribution in [1.29, 1.82) is 0 Å². The SMILES string of the molecule is CCCCc1ccc2cc(C(C)=CC=C(C)N=C=S)ccc2c1. The number of benzene rings is 2. The van der Waals surface area contributed by atoms with E-state index in [1.807, 2.05) is 13.0 Å². The predicted molar refractivity (Wildman–Crippen MR) is 105 cm³/mol. The van der Waals surface area contributed by atoms with Crippen LogP contribution in [0.2, 0.25) is 0 Å². The van der Waals surface area contributed by atoms with Crippen LogP contribution in [-0.2, 0) is 6.42 Å². The lowest BCUT2D eigenvalue weighted by Gasteiger charge is -2.06. The van der Waals surface area contributed by atoms with Crippen LogP contribution in [0.25, 0.3) is 16.3 Å². The largest absolute Gasteiger partial charge is 0.200 e. The third-order valence-electron chi connectivity index (χ3n) is 3.98. The lowest BCUT2D eigenvalue weighted by atomic mass is 9.99. The van der Waals surface area contributed by atoms with Gasteiger partial charge in [0.05, 0.1) is 5.16 Å². The maximum absolute atomic E-state index is 4.61. The zero-order valence-electron chi connectivity index (χ0n) is 14.1. The predicted octanol–water partition coefficient (Wildman–Crippen LogP) is 6.59. The highest BCUT2D eigenvalue weighted by Crippen LogP contribution is 2.23. The van der Waals surface area contributed by atoms with Gasteiger partial charge in [-0.2, -0.15) is 4.99 Å². The number of thiocarbonyl (C=S) groups is 1. The molecule has 0 aromatic heterocycles. The molecule has 0 bridgehead atoms. The molecule has 23 heavy (non-hydrogen) atoms. The first kappa shape index (κ1) is 17.3. The van der Waals surface area contributed by atoms with Crippen molar-refractivity contribution in [3.8, 4) is 0 Å². The van der Waals surface area contributed by atoms with Crippen LogP contribution in [0.4, 0.5) is 0 Å². The van der Waals surface area contributed by atoms with Crippen LogP contribution in [0.3, 0.4) is 0 Å². The Morgan fingerprint density at radius 2 is 1.83 bits per heavy atom. The van der Waals surface area contributed by atoms with Crippen LogP contribution in [-0.4, -0.2) is 5.16 Å². The van der Waals surface area contributed by atoms with Crippen LogP contribution < -0.4 is 0 Å². The number of rotatable bonds is 6. The molecule has 0 spiro atoms. The third-order valence-corrected chi connectivity index (χ3v) is 4.07. The van der Waals surface area contributed by atoms with Gasteiger partial charge in [0.2, 0.25) is 0 Å². The van der Waals surface area contributed by atoms with Crippen LogP contribution in [0, 0.1) is 0 Å². The molecule has 0 atom stereocenters. The molecule has 1 nitrogen and oxygen atoms in total. The summed E-state index contributed by atoms with van der Waals surface area (Å²) in [6.45, 7) is 6.26. The van der Waals surface area contributed by atoms with E-state index in [0.717, 1.165) is 12.1 Å². The molecule has 118 valence electrons. The highest BCUT2D eigenvalue weighted by atomic mass is 32.1. The van der Waals surface area contributed by atoms with Gasteiger partial charge in [-0.1, -0.05) is 49.8 Å². The Balaban J connectivity index is 2.28. The summed E-state index contributed by atoms with van der Waals surface area (Å²) in [6, 6.07) is 13.4. The summed E-state index contributed by atoms with van der Waals surface area (Å²) in [5.74, 6) is 0. The Hall–Kier alpha value is -2.02. The maximum Gasteiger partial charge on any atom is 0.0637 e. The minimum absolute atomic E-state index is 0.862. The number of isothiocyanates is 1. The van der Waals surface area contributed by atoms with Gasteiger partial charge in [-0.25, -0.2) is 0 Å². The number of aryl methyl sites for hydroxylation is 1. The third kappa shape index (κ3) is 4.99. The lowest BCUT2D eigenvalue weighted by molar-refractivity contribution is 0.796. The second kappa shape index (κ2) is 8.57. The van der Waals surface area contributed by atoms with Crippen LogP contribution in [0.5, 0.6) is 0 Å². The first-order valence-corrected chi connectivity index (χ1v) is 8.51. The Bertz CT molecular complexity index is 793. The van der Waals surface area contributed by atoms with Crippen LogP contribution in [0.15, 0.2) is 59.2 Å². The zero-order chi connectivity index (χ0) is 16.7. The average Bonchev–Trinajstić information content (AvgIpc) is 2.57. The Morgan fingerprint density at radius 3 is 2.57 bits per heavy atom. The maximum atomic E-state index is 4.61. The number of fused-ring (bicyclic) bond motifs is 1. The van der Waals surface area contributed by atoms with E-state index in [0.29, 0.717) is 0 Å². The molecule has 0 N–H and O–H groups in total. The van der Waals surface area contributed by atoms with Gasteiger partial charge >= 0.3 is 0 Å². The standard InChI is InChI=1S/C21H23NS/c1-4-5-6-18-9-10-21-14-19(11-12-20(21)13-18)16(2)7-8-17(3)22-15-23/h7-14H,4-6H2,1-3H3. The molecule has 0 aliphatic carbocycles. The van der Waals surface area contributed by atoms with E-state index < -0.39 is 0 Å². The number of aliphatic imine (C=N–C) groups is 1. The molecule has 0 saturated carbocycles. The highest BCUT2D eigenvalue weighted by molar-refractivity contribution is 7.78. The molecular formula is C21H23NS. The lowest BCUT2D eigenvalue weighted by Crippen LogP contribution is -1.86. The zero-order valence-corrected chi connectivity index (χ0v) is 14.9. The fourth-order valence-corrected chi connectivity index (χ4v) is 2.67. The van der Waals surface area contributed by atoms with Crippen LogP contribution in [0.1, 0.15) is 44.7 Å². The molecule has 0 aliphatic rings. The Labute approximate surface area is 144 Å². The molecule has 2 aromatic carbocycles. The van der Waals surface area contributed by atoms with Gasteiger partial charge < -0.3 is 0 Å². The van der Waals surface area contributed by atoms with Crippen molar-refractivity contribution in [2.45, 2.75) is 40.0 Å². The Morgan fingerprint density at radius 1 is 1.09 bits per heavy atom.